The largest absolute Gasteiger partial charge is 0.512 e. The average molecular weight is 425 g/mol. The maximum absolute atomic E-state index is 12.4. The summed E-state index contributed by atoms with van der Waals surface area (Å²) in [5.74, 6) is -0.272. The maximum atomic E-state index is 12.4. The smallest absolute Gasteiger partial charge is 0.397 e. The van der Waals surface area contributed by atoms with E-state index in [1.165, 1.54) is 6.08 Å². The Bertz CT molecular complexity index is 1030. The van der Waals surface area contributed by atoms with Crippen molar-refractivity contribution in [1.29, 1.82) is 0 Å². The Morgan fingerprint density at radius 1 is 1.21 bits per heavy atom. The second kappa shape index (κ2) is 10.1. The lowest BCUT2D eigenvalue weighted by molar-refractivity contribution is -0.111. The van der Waals surface area contributed by atoms with Crippen LogP contribution in [0.3, 0.4) is 0 Å². The normalized spacial score (nSPS) is 11.6. The van der Waals surface area contributed by atoms with E-state index in [-0.39, 0.29) is 5.91 Å². The van der Waals surface area contributed by atoms with Crippen molar-refractivity contribution in [3.05, 3.63) is 77.2 Å². The molecule has 1 aromatic heterocycles. The third-order valence-corrected chi connectivity index (χ3v) is 6.17. The molecule has 0 spiro atoms. The van der Waals surface area contributed by atoms with Crippen LogP contribution in [0.4, 0.5) is 11.4 Å². The monoisotopic (exact) mass is 425 g/mol. The van der Waals surface area contributed by atoms with E-state index in [0.717, 1.165) is 21.6 Å². The van der Waals surface area contributed by atoms with E-state index in [1.54, 1.807) is 23.5 Å². The number of nitrogens with one attached hydrogen (secondary N) is 1. The summed E-state index contributed by atoms with van der Waals surface area (Å²) >= 11 is 1.63. The molecule has 0 saturated heterocycles. The van der Waals surface area contributed by atoms with E-state index in [9.17, 15) is 9.36 Å². The van der Waals surface area contributed by atoms with E-state index < -0.39 is 8.03 Å². The number of anilines is 2. The van der Waals surface area contributed by atoms with Crippen LogP contribution in [0.1, 0.15) is 18.1 Å². The Hall–Kier alpha value is -2.79. The first kappa shape index (κ1) is 20.9. The minimum absolute atomic E-state index is 0.272. The Balaban J connectivity index is 1.67. The van der Waals surface area contributed by atoms with E-state index >= 15 is 0 Å². The molecule has 0 radical (unpaired) electrons. The molecule has 2 aromatic carbocycles. The first-order valence-electron chi connectivity index (χ1n) is 9.14. The lowest BCUT2D eigenvalue weighted by atomic mass is 10.1. The quantitative estimate of drug-likeness (QED) is 0.266. The van der Waals surface area contributed by atoms with Gasteiger partial charge in [0.1, 0.15) is 0 Å². The number of hydrogen-bond acceptors (Lipinski definition) is 5. The lowest BCUT2D eigenvalue weighted by Gasteiger charge is -2.08. The predicted octanol–water partition coefficient (Wildman–Crippen LogP) is 5.93. The predicted molar refractivity (Wildman–Crippen MR) is 121 cm³/mol. The van der Waals surface area contributed by atoms with E-state index in [1.807, 2.05) is 60.8 Å². The van der Waals surface area contributed by atoms with Crippen LogP contribution in [0, 0.1) is 0 Å². The van der Waals surface area contributed by atoms with Gasteiger partial charge in [-0.2, -0.15) is 0 Å². The summed E-state index contributed by atoms with van der Waals surface area (Å²) in [7, 11) is -1.71. The number of amides is 1. The molecule has 1 atom stereocenters. The van der Waals surface area contributed by atoms with Gasteiger partial charge in [-0.05, 0) is 58.3 Å². The van der Waals surface area contributed by atoms with Crippen molar-refractivity contribution in [3.63, 3.8) is 0 Å². The Kier molecular flexibility index (Phi) is 7.30. The van der Waals surface area contributed by atoms with Crippen LogP contribution >= 0.6 is 19.4 Å². The third-order valence-electron chi connectivity index (χ3n) is 4.08. The molecule has 1 heterocycles. The van der Waals surface area contributed by atoms with Crippen molar-refractivity contribution in [2.75, 3.05) is 17.7 Å². The van der Waals surface area contributed by atoms with Crippen LogP contribution in [-0.2, 0) is 20.0 Å². The molecule has 0 saturated carbocycles. The number of thiophene rings is 1. The molecule has 0 aliphatic carbocycles. The second-order valence-electron chi connectivity index (χ2n) is 6.26. The average Bonchev–Trinajstić information content (AvgIpc) is 3.23. The lowest BCUT2D eigenvalue weighted by Crippen LogP contribution is -2.09. The topological polar surface area (TPSA) is 81.4 Å². The van der Waals surface area contributed by atoms with Crippen molar-refractivity contribution < 1.29 is 13.9 Å². The molecule has 0 bridgehead atoms. The maximum Gasteiger partial charge on any atom is 0.512 e. The standard InChI is InChI=1S/C22H21N2O3PS/c1-2-27-28(26)15-17-6-3-5-16(13-17)8-11-22(25)24-20-14-18(9-10-19(20)23)21-7-4-12-29-21/h3-14H,2,15,23H2,1H3/p+1. The van der Waals surface area contributed by atoms with Crippen LogP contribution in [0.15, 0.2) is 66.1 Å². The van der Waals surface area contributed by atoms with Gasteiger partial charge in [0.05, 0.1) is 18.0 Å². The summed E-state index contributed by atoms with van der Waals surface area (Å²) in [4.78, 5) is 13.5. The zero-order chi connectivity index (χ0) is 20.6. The van der Waals surface area contributed by atoms with Crippen molar-refractivity contribution in [2.45, 2.75) is 13.1 Å². The van der Waals surface area contributed by atoms with Gasteiger partial charge in [0.2, 0.25) is 12.1 Å². The van der Waals surface area contributed by atoms with Crippen molar-refractivity contribution >= 4 is 42.7 Å². The zero-order valence-electron chi connectivity index (χ0n) is 16.0. The number of carbonyl (C=O) groups excluding carboxylic acids is 1. The van der Waals surface area contributed by atoms with Gasteiger partial charge in [-0.1, -0.05) is 30.3 Å². The highest BCUT2D eigenvalue weighted by Crippen LogP contribution is 2.30. The van der Waals surface area contributed by atoms with Crippen molar-refractivity contribution in [2.24, 2.45) is 0 Å². The van der Waals surface area contributed by atoms with Gasteiger partial charge < -0.3 is 11.1 Å². The van der Waals surface area contributed by atoms with Gasteiger partial charge >= 0.3 is 8.03 Å². The van der Waals surface area contributed by atoms with Gasteiger partial charge in [0.15, 0.2) is 0 Å². The van der Waals surface area contributed by atoms with Gasteiger partial charge in [0, 0.05) is 16.5 Å². The molecule has 29 heavy (non-hydrogen) atoms. The van der Waals surface area contributed by atoms with Crippen LogP contribution in [0.5, 0.6) is 0 Å². The Labute approximate surface area is 175 Å². The van der Waals surface area contributed by atoms with Crippen molar-refractivity contribution in [1.82, 2.24) is 0 Å². The summed E-state index contributed by atoms with van der Waals surface area (Å²) in [5.41, 5.74) is 9.85. The molecule has 1 unspecified atom stereocenters. The molecule has 5 nitrogen and oxygen atoms in total. The summed E-state index contributed by atoms with van der Waals surface area (Å²) in [5, 5.41) is 4.84. The second-order valence-corrected chi connectivity index (χ2v) is 8.44. The molecule has 7 heteroatoms. The fraction of sp³-hybridized carbons (Fsp3) is 0.136. The first-order valence-corrected chi connectivity index (χ1v) is 11.4. The van der Waals surface area contributed by atoms with Gasteiger partial charge in [0.25, 0.3) is 0 Å². The number of rotatable bonds is 8. The third kappa shape index (κ3) is 6.09. The molecule has 0 fully saturated rings. The highest BCUT2D eigenvalue weighted by Gasteiger charge is 2.17. The van der Waals surface area contributed by atoms with Crippen LogP contribution in [0.25, 0.3) is 16.5 Å². The van der Waals surface area contributed by atoms with Crippen LogP contribution < -0.4 is 11.1 Å². The molecule has 3 aromatic rings. The van der Waals surface area contributed by atoms with Gasteiger partial charge in [-0.25, -0.2) is 0 Å². The fourth-order valence-corrected chi connectivity index (χ4v) is 4.34. The molecule has 0 aliphatic heterocycles. The molecule has 148 valence electrons. The Morgan fingerprint density at radius 3 is 2.83 bits per heavy atom. The molecule has 0 aliphatic rings. The van der Waals surface area contributed by atoms with Gasteiger partial charge in [-0.15, -0.1) is 15.9 Å². The summed E-state index contributed by atoms with van der Waals surface area (Å²) < 4.78 is 16.9. The number of nitrogens with two attached hydrogens (primary N) is 1. The fourth-order valence-electron chi connectivity index (χ4n) is 2.74. The zero-order valence-corrected chi connectivity index (χ0v) is 17.7. The number of benzene rings is 2. The highest BCUT2D eigenvalue weighted by molar-refractivity contribution is 7.38. The molecular weight excluding hydrogens is 403 g/mol. The molecule has 3 rings (SSSR count). The van der Waals surface area contributed by atoms with Crippen LogP contribution in [0.2, 0.25) is 0 Å². The van der Waals surface area contributed by atoms with E-state index in [4.69, 9.17) is 10.3 Å². The summed E-state index contributed by atoms with van der Waals surface area (Å²) in [6, 6.07) is 17.1. The molecular formula is C22H22N2O3PS+. The minimum atomic E-state index is -1.71. The number of hydrogen-bond donors (Lipinski definition) is 2. The van der Waals surface area contributed by atoms with Crippen LogP contribution in [-0.4, -0.2) is 12.5 Å². The Morgan fingerprint density at radius 2 is 2.07 bits per heavy atom. The first-order chi connectivity index (χ1) is 14.0. The summed E-state index contributed by atoms with van der Waals surface area (Å²) in [6.45, 7) is 2.24. The van der Waals surface area contributed by atoms with Gasteiger partial charge in [-0.3, -0.25) is 4.79 Å². The molecule has 3 N–H and O–H groups in total. The van der Waals surface area contributed by atoms with E-state index in [0.29, 0.717) is 24.1 Å². The van der Waals surface area contributed by atoms with E-state index in [2.05, 4.69) is 5.32 Å². The number of nitrogen functional groups attached to an aromatic ring is 1. The SMILES string of the molecule is CCO[P+](=O)Cc1cccc(C=CC(=O)Nc2cc(-c3cccs3)ccc2N)c1. The highest BCUT2D eigenvalue weighted by atomic mass is 32.1. The van der Waals surface area contributed by atoms with Crippen molar-refractivity contribution in [3.8, 4) is 10.4 Å². The summed E-state index contributed by atoms with van der Waals surface area (Å²) in [6.07, 6.45) is 3.52. The number of carbonyl (C=O) groups is 1. The minimum Gasteiger partial charge on any atom is -0.397 e. The molecule has 1 amide bonds.